The Hall–Kier alpha value is -1.01. The highest BCUT2D eigenvalue weighted by Crippen LogP contribution is 2.25. The first-order chi connectivity index (χ1) is 12.4. The summed E-state index contributed by atoms with van der Waals surface area (Å²) in [5.41, 5.74) is 6.42. The molecule has 1 aromatic rings. The fraction of sp³-hybridized carbons (Fsp3) is 0.579. The first kappa shape index (κ1) is 22.3. The Morgan fingerprint density at radius 1 is 1.07 bits per heavy atom. The maximum atomic E-state index is 12.7. The number of nitrogens with zero attached hydrogens (tertiary/aromatic N) is 1. The molecule has 2 amide bonds. The molecule has 5 nitrogen and oxygen atoms in total. The molecule has 8 heteroatoms. The number of likely N-dealkylation sites (tertiary alicyclic amines) is 1. The van der Waals surface area contributed by atoms with E-state index in [1.165, 1.54) is 0 Å². The van der Waals surface area contributed by atoms with Crippen molar-refractivity contribution in [3.05, 3.63) is 33.8 Å². The molecule has 150 valence electrons. The van der Waals surface area contributed by atoms with Crippen LogP contribution in [0.5, 0.6) is 0 Å². The zero-order valence-corrected chi connectivity index (χ0v) is 17.5. The first-order valence-corrected chi connectivity index (χ1v) is 10.00. The van der Waals surface area contributed by atoms with Crippen LogP contribution in [0.4, 0.5) is 0 Å². The van der Waals surface area contributed by atoms with Crippen LogP contribution in [0.3, 0.4) is 0 Å². The molecule has 0 spiro atoms. The van der Waals surface area contributed by atoms with Gasteiger partial charge in [-0.2, -0.15) is 0 Å². The summed E-state index contributed by atoms with van der Waals surface area (Å²) in [4.78, 5) is 27.1. The summed E-state index contributed by atoms with van der Waals surface area (Å²) in [6, 6.07) is 5.35. The molecule has 1 aliphatic heterocycles. The summed E-state index contributed by atoms with van der Waals surface area (Å²) in [7, 11) is 0. The number of amides is 2. The minimum absolute atomic E-state index is 0. The molecular formula is C19H26Cl3N3O2. The smallest absolute Gasteiger partial charge is 0.253 e. The number of benzene rings is 1. The van der Waals surface area contributed by atoms with Crippen LogP contribution in [-0.2, 0) is 4.79 Å². The lowest BCUT2D eigenvalue weighted by molar-refractivity contribution is -0.127. The number of nitrogens with two attached hydrogens (primary N) is 1. The number of rotatable bonds is 3. The van der Waals surface area contributed by atoms with E-state index in [0.717, 1.165) is 38.5 Å². The van der Waals surface area contributed by atoms with Crippen LogP contribution in [0.15, 0.2) is 18.2 Å². The van der Waals surface area contributed by atoms with Gasteiger partial charge in [0.15, 0.2) is 0 Å². The molecule has 3 N–H and O–H groups in total. The zero-order valence-electron chi connectivity index (χ0n) is 15.1. The number of piperidine rings is 1. The minimum atomic E-state index is -0.161. The molecule has 1 saturated heterocycles. The van der Waals surface area contributed by atoms with Crippen LogP contribution in [0.2, 0.25) is 10.0 Å². The van der Waals surface area contributed by atoms with E-state index in [2.05, 4.69) is 5.32 Å². The third-order valence-corrected chi connectivity index (χ3v) is 6.10. The number of carbonyl (C=O) groups is 2. The Bertz CT molecular complexity index is 678. The van der Waals surface area contributed by atoms with Gasteiger partial charge in [0.05, 0.1) is 16.0 Å². The molecule has 0 aromatic heterocycles. The van der Waals surface area contributed by atoms with Gasteiger partial charge in [0.25, 0.3) is 5.91 Å². The van der Waals surface area contributed by atoms with E-state index < -0.39 is 0 Å². The fourth-order valence-electron chi connectivity index (χ4n) is 3.77. The van der Waals surface area contributed by atoms with Crippen molar-refractivity contribution in [3.8, 4) is 0 Å². The molecule has 1 atom stereocenters. The predicted molar refractivity (Wildman–Crippen MR) is 111 cm³/mol. The van der Waals surface area contributed by atoms with Gasteiger partial charge >= 0.3 is 0 Å². The van der Waals surface area contributed by atoms with Gasteiger partial charge in [-0.25, -0.2) is 0 Å². The Morgan fingerprint density at radius 2 is 1.78 bits per heavy atom. The summed E-state index contributed by atoms with van der Waals surface area (Å²) < 4.78 is 0. The van der Waals surface area contributed by atoms with Crippen LogP contribution in [0.1, 0.15) is 48.9 Å². The van der Waals surface area contributed by atoms with Gasteiger partial charge < -0.3 is 16.0 Å². The second-order valence-electron chi connectivity index (χ2n) is 7.34. The SMILES string of the molecule is Cl.NC1CCC(NC(=O)C2CCCN(C(=O)c3ccc(Cl)c(Cl)c3)C2)CC1. The Labute approximate surface area is 176 Å². The molecule has 2 fully saturated rings. The van der Waals surface area contributed by atoms with Crippen molar-refractivity contribution in [1.29, 1.82) is 0 Å². The van der Waals surface area contributed by atoms with Gasteiger partial charge in [0.1, 0.15) is 0 Å². The third-order valence-electron chi connectivity index (χ3n) is 5.36. The zero-order chi connectivity index (χ0) is 18.7. The lowest BCUT2D eigenvalue weighted by Crippen LogP contribution is -2.48. The van der Waals surface area contributed by atoms with E-state index in [4.69, 9.17) is 28.9 Å². The van der Waals surface area contributed by atoms with Gasteiger partial charge in [-0.3, -0.25) is 9.59 Å². The average Bonchev–Trinajstić information content (AvgIpc) is 2.65. The molecule has 0 radical (unpaired) electrons. The second kappa shape index (κ2) is 9.97. The predicted octanol–water partition coefficient (Wildman–Crippen LogP) is 3.65. The Morgan fingerprint density at radius 3 is 2.44 bits per heavy atom. The lowest BCUT2D eigenvalue weighted by atomic mass is 9.90. The molecule has 0 bridgehead atoms. The highest BCUT2D eigenvalue weighted by atomic mass is 35.5. The summed E-state index contributed by atoms with van der Waals surface area (Å²) in [6.07, 6.45) is 5.41. The van der Waals surface area contributed by atoms with Gasteiger partial charge in [-0.05, 0) is 56.7 Å². The highest BCUT2D eigenvalue weighted by Gasteiger charge is 2.30. The summed E-state index contributed by atoms with van der Waals surface area (Å²) >= 11 is 11.9. The number of hydrogen-bond donors (Lipinski definition) is 2. The third kappa shape index (κ3) is 5.74. The summed E-state index contributed by atoms with van der Waals surface area (Å²) in [5, 5.41) is 3.94. The molecular weight excluding hydrogens is 409 g/mol. The van der Waals surface area contributed by atoms with Crippen molar-refractivity contribution in [1.82, 2.24) is 10.2 Å². The maximum absolute atomic E-state index is 12.7. The van der Waals surface area contributed by atoms with Crippen molar-refractivity contribution in [2.24, 2.45) is 11.7 Å². The normalized spacial score (nSPS) is 25.4. The second-order valence-corrected chi connectivity index (χ2v) is 8.15. The van der Waals surface area contributed by atoms with Crippen LogP contribution in [0.25, 0.3) is 0 Å². The molecule has 27 heavy (non-hydrogen) atoms. The van der Waals surface area contributed by atoms with Gasteiger partial charge in [0, 0.05) is 30.7 Å². The van der Waals surface area contributed by atoms with Crippen molar-refractivity contribution in [2.75, 3.05) is 13.1 Å². The summed E-state index contributed by atoms with van der Waals surface area (Å²) in [6.45, 7) is 1.10. The van der Waals surface area contributed by atoms with Gasteiger partial charge in [-0.1, -0.05) is 23.2 Å². The first-order valence-electron chi connectivity index (χ1n) is 9.24. The van der Waals surface area contributed by atoms with Crippen molar-refractivity contribution in [2.45, 2.75) is 50.6 Å². The van der Waals surface area contributed by atoms with Crippen molar-refractivity contribution < 1.29 is 9.59 Å². The van der Waals surface area contributed by atoms with Crippen LogP contribution in [-0.4, -0.2) is 41.9 Å². The largest absolute Gasteiger partial charge is 0.353 e. The monoisotopic (exact) mass is 433 g/mol. The fourth-order valence-corrected chi connectivity index (χ4v) is 4.07. The molecule has 1 heterocycles. The highest BCUT2D eigenvalue weighted by molar-refractivity contribution is 6.42. The topological polar surface area (TPSA) is 75.4 Å². The molecule has 2 aliphatic rings. The van der Waals surface area contributed by atoms with Gasteiger partial charge in [0.2, 0.25) is 5.91 Å². The maximum Gasteiger partial charge on any atom is 0.253 e. The van der Waals surface area contributed by atoms with Crippen molar-refractivity contribution >= 4 is 47.4 Å². The van der Waals surface area contributed by atoms with E-state index in [0.29, 0.717) is 28.7 Å². The average molecular weight is 435 g/mol. The van der Waals surface area contributed by atoms with E-state index >= 15 is 0 Å². The van der Waals surface area contributed by atoms with Crippen molar-refractivity contribution in [3.63, 3.8) is 0 Å². The van der Waals surface area contributed by atoms with Crippen LogP contribution in [0, 0.1) is 5.92 Å². The van der Waals surface area contributed by atoms with Gasteiger partial charge in [-0.15, -0.1) is 12.4 Å². The molecule has 1 aromatic carbocycles. The molecule has 1 unspecified atom stereocenters. The number of hydrogen-bond acceptors (Lipinski definition) is 3. The van der Waals surface area contributed by atoms with Crippen LogP contribution < -0.4 is 11.1 Å². The number of nitrogens with one attached hydrogen (secondary N) is 1. The Balaban J connectivity index is 0.00000261. The standard InChI is InChI=1S/C19H25Cl2N3O2.ClH/c20-16-8-3-12(10-17(16)21)19(26)24-9-1-2-13(11-24)18(25)23-15-6-4-14(22)5-7-15;/h3,8,10,13-15H,1-2,4-7,9,11,22H2,(H,23,25);1H. The minimum Gasteiger partial charge on any atom is -0.353 e. The quantitative estimate of drug-likeness (QED) is 0.762. The van der Waals surface area contributed by atoms with Crippen LogP contribution >= 0.6 is 35.6 Å². The van der Waals surface area contributed by atoms with E-state index in [1.807, 2.05) is 0 Å². The number of carbonyl (C=O) groups excluding carboxylic acids is 2. The molecule has 1 aliphatic carbocycles. The van der Waals surface area contributed by atoms with E-state index in [9.17, 15) is 9.59 Å². The lowest BCUT2D eigenvalue weighted by Gasteiger charge is -2.34. The van der Waals surface area contributed by atoms with E-state index in [1.54, 1.807) is 23.1 Å². The van der Waals surface area contributed by atoms with E-state index in [-0.39, 0.29) is 42.2 Å². The summed E-state index contributed by atoms with van der Waals surface area (Å²) in [5.74, 6) is -0.215. The number of halogens is 3. The molecule has 1 saturated carbocycles. The Kier molecular flexibility index (Phi) is 8.22. The molecule has 3 rings (SSSR count).